The summed E-state index contributed by atoms with van der Waals surface area (Å²) in [6, 6.07) is 2.09. The van der Waals surface area contributed by atoms with Crippen molar-refractivity contribution >= 4 is 17.2 Å². The van der Waals surface area contributed by atoms with Crippen molar-refractivity contribution in [3.05, 3.63) is 21.4 Å². The Bertz CT molecular complexity index is 390. The van der Waals surface area contributed by atoms with Gasteiger partial charge in [0.2, 0.25) is 0 Å². The highest BCUT2D eigenvalue weighted by molar-refractivity contribution is 7.14. The summed E-state index contributed by atoms with van der Waals surface area (Å²) in [4.78, 5) is 14.4. The van der Waals surface area contributed by atoms with Crippen LogP contribution in [-0.2, 0) is 12.8 Å². The molecule has 1 heterocycles. The van der Waals surface area contributed by atoms with Gasteiger partial charge in [0, 0.05) is 11.4 Å². The van der Waals surface area contributed by atoms with Gasteiger partial charge >= 0.3 is 0 Å². The molecule has 1 atom stereocenters. The number of rotatable bonds is 5. The first-order chi connectivity index (χ1) is 8.70. The first-order valence-electron chi connectivity index (χ1n) is 6.75. The van der Waals surface area contributed by atoms with Crippen molar-refractivity contribution in [1.82, 2.24) is 10.6 Å². The molecule has 1 aromatic heterocycles. The Labute approximate surface area is 113 Å². The van der Waals surface area contributed by atoms with E-state index in [2.05, 4.69) is 23.6 Å². The van der Waals surface area contributed by atoms with Gasteiger partial charge in [-0.15, -0.1) is 11.3 Å². The summed E-state index contributed by atoms with van der Waals surface area (Å²) in [6.07, 6.45) is 4.84. The Hall–Kier alpha value is -0.870. The second kappa shape index (κ2) is 6.34. The fraction of sp³-hybridized carbons (Fsp3) is 0.643. The van der Waals surface area contributed by atoms with Crippen molar-refractivity contribution < 1.29 is 4.79 Å². The van der Waals surface area contributed by atoms with Crippen LogP contribution in [0.25, 0.3) is 0 Å². The van der Waals surface area contributed by atoms with Crippen LogP contribution < -0.4 is 10.6 Å². The van der Waals surface area contributed by atoms with Crippen molar-refractivity contribution in [2.24, 2.45) is 5.92 Å². The van der Waals surface area contributed by atoms with Crippen LogP contribution >= 0.6 is 11.3 Å². The third kappa shape index (κ3) is 3.33. The number of carbonyl (C=O) groups excluding carboxylic acids is 1. The number of hydrogen-bond acceptors (Lipinski definition) is 3. The number of aryl methyl sites for hydroxylation is 2. The van der Waals surface area contributed by atoms with E-state index in [1.807, 2.05) is 7.05 Å². The Morgan fingerprint density at radius 2 is 2.17 bits per heavy atom. The van der Waals surface area contributed by atoms with E-state index in [-0.39, 0.29) is 5.91 Å². The zero-order chi connectivity index (χ0) is 13.0. The predicted octanol–water partition coefficient (Wildman–Crippen LogP) is 2.21. The third-order valence-corrected chi connectivity index (χ3v) is 4.62. The second-order valence-corrected chi connectivity index (χ2v) is 6.28. The highest BCUT2D eigenvalue weighted by Crippen LogP contribution is 2.29. The van der Waals surface area contributed by atoms with Gasteiger partial charge in [-0.2, -0.15) is 0 Å². The lowest BCUT2D eigenvalue weighted by molar-refractivity contribution is 0.0952. The van der Waals surface area contributed by atoms with Gasteiger partial charge in [-0.1, -0.05) is 6.92 Å². The van der Waals surface area contributed by atoms with Gasteiger partial charge in [0.05, 0.1) is 4.88 Å². The van der Waals surface area contributed by atoms with Crippen LogP contribution in [-0.4, -0.2) is 26.0 Å². The molecule has 0 fully saturated rings. The van der Waals surface area contributed by atoms with E-state index < -0.39 is 0 Å². The second-order valence-electron chi connectivity index (χ2n) is 5.14. The van der Waals surface area contributed by atoms with Crippen LogP contribution in [0.15, 0.2) is 6.07 Å². The molecule has 0 aromatic carbocycles. The molecule has 0 saturated heterocycles. The molecule has 100 valence electrons. The van der Waals surface area contributed by atoms with Crippen molar-refractivity contribution in [3.63, 3.8) is 0 Å². The van der Waals surface area contributed by atoms with E-state index in [0.29, 0.717) is 5.92 Å². The first kappa shape index (κ1) is 13.6. The van der Waals surface area contributed by atoms with Gasteiger partial charge in [-0.3, -0.25) is 4.79 Å². The number of hydrogen-bond donors (Lipinski definition) is 2. The maximum absolute atomic E-state index is 12.1. The minimum absolute atomic E-state index is 0.0948. The molecular weight excluding hydrogens is 244 g/mol. The number of fused-ring (bicyclic) bond motifs is 1. The van der Waals surface area contributed by atoms with Gasteiger partial charge in [0.25, 0.3) is 5.91 Å². The molecule has 0 saturated carbocycles. The van der Waals surface area contributed by atoms with Gasteiger partial charge in [-0.25, -0.2) is 0 Å². The summed E-state index contributed by atoms with van der Waals surface area (Å²) < 4.78 is 0. The lowest BCUT2D eigenvalue weighted by Gasteiger charge is -2.11. The van der Waals surface area contributed by atoms with E-state index in [9.17, 15) is 4.79 Å². The fourth-order valence-corrected chi connectivity index (χ4v) is 3.55. The van der Waals surface area contributed by atoms with Gasteiger partial charge in [0.15, 0.2) is 0 Å². The lowest BCUT2D eigenvalue weighted by Crippen LogP contribution is -2.31. The summed E-state index contributed by atoms with van der Waals surface area (Å²) in [6.45, 7) is 3.81. The largest absolute Gasteiger partial charge is 0.351 e. The summed E-state index contributed by atoms with van der Waals surface area (Å²) in [5.74, 6) is 0.561. The molecule has 1 aliphatic rings. The number of thiophene rings is 1. The van der Waals surface area contributed by atoms with E-state index >= 15 is 0 Å². The highest BCUT2D eigenvalue weighted by atomic mass is 32.1. The Morgan fingerprint density at radius 1 is 1.39 bits per heavy atom. The van der Waals surface area contributed by atoms with Crippen molar-refractivity contribution in [2.75, 3.05) is 20.1 Å². The number of nitrogens with one attached hydrogen (secondary N) is 2. The first-order valence-corrected chi connectivity index (χ1v) is 7.56. The summed E-state index contributed by atoms with van der Waals surface area (Å²) in [7, 11) is 1.94. The van der Waals surface area contributed by atoms with E-state index in [0.717, 1.165) is 30.8 Å². The topological polar surface area (TPSA) is 41.1 Å². The molecule has 0 bridgehead atoms. The Kier molecular flexibility index (Phi) is 4.78. The van der Waals surface area contributed by atoms with Crippen LogP contribution in [0.5, 0.6) is 0 Å². The van der Waals surface area contributed by atoms with Crippen molar-refractivity contribution in [1.29, 1.82) is 0 Å². The highest BCUT2D eigenvalue weighted by Gasteiger charge is 2.17. The summed E-state index contributed by atoms with van der Waals surface area (Å²) in [5.41, 5.74) is 1.40. The van der Waals surface area contributed by atoms with Crippen LogP contribution in [0.2, 0.25) is 0 Å². The average Bonchev–Trinajstić information content (AvgIpc) is 2.80. The predicted molar refractivity (Wildman–Crippen MR) is 76.4 cm³/mol. The maximum Gasteiger partial charge on any atom is 0.261 e. The molecule has 0 spiro atoms. The molecule has 4 heteroatoms. The van der Waals surface area contributed by atoms with Gasteiger partial charge < -0.3 is 10.6 Å². The van der Waals surface area contributed by atoms with Gasteiger partial charge in [-0.05, 0) is 56.8 Å². The van der Waals surface area contributed by atoms with Crippen molar-refractivity contribution in [2.45, 2.75) is 32.6 Å². The molecule has 2 rings (SSSR count). The minimum atomic E-state index is 0.0948. The third-order valence-electron chi connectivity index (χ3n) is 3.38. The SMILES string of the molecule is CNCC(C)CNC(=O)c1cc2c(s1)CCCC2. The molecule has 0 aliphatic heterocycles. The lowest BCUT2D eigenvalue weighted by atomic mass is 9.99. The average molecular weight is 266 g/mol. The molecule has 2 N–H and O–H groups in total. The summed E-state index contributed by atoms with van der Waals surface area (Å²) in [5, 5.41) is 6.15. The minimum Gasteiger partial charge on any atom is -0.351 e. The monoisotopic (exact) mass is 266 g/mol. The molecule has 0 radical (unpaired) electrons. The summed E-state index contributed by atoms with van der Waals surface area (Å²) >= 11 is 1.68. The molecule has 1 aliphatic carbocycles. The van der Waals surface area contributed by atoms with E-state index in [1.54, 1.807) is 11.3 Å². The maximum atomic E-state index is 12.1. The van der Waals surface area contributed by atoms with Crippen LogP contribution in [0, 0.1) is 5.92 Å². The van der Waals surface area contributed by atoms with Crippen molar-refractivity contribution in [3.8, 4) is 0 Å². The fourth-order valence-electron chi connectivity index (χ4n) is 2.38. The molecule has 18 heavy (non-hydrogen) atoms. The van der Waals surface area contributed by atoms with Gasteiger partial charge in [0.1, 0.15) is 0 Å². The molecule has 3 nitrogen and oxygen atoms in total. The normalized spacial score (nSPS) is 16.1. The number of amides is 1. The molecule has 1 unspecified atom stereocenters. The van der Waals surface area contributed by atoms with E-state index in [4.69, 9.17) is 0 Å². The Balaban J connectivity index is 1.90. The molecule has 1 amide bonds. The van der Waals surface area contributed by atoms with Crippen LogP contribution in [0.1, 0.15) is 39.9 Å². The standard InChI is InChI=1S/C14H22N2OS/c1-10(8-15-2)9-16-14(17)13-7-11-5-3-4-6-12(11)18-13/h7,10,15H,3-6,8-9H2,1-2H3,(H,16,17). The zero-order valence-electron chi connectivity index (χ0n) is 11.2. The Morgan fingerprint density at radius 3 is 2.89 bits per heavy atom. The number of carbonyl (C=O) groups is 1. The zero-order valence-corrected chi connectivity index (χ0v) is 12.0. The van der Waals surface area contributed by atoms with Crippen LogP contribution in [0.3, 0.4) is 0 Å². The quantitative estimate of drug-likeness (QED) is 0.858. The van der Waals surface area contributed by atoms with E-state index in [1.165, 1.54) is 23.3 Å². The molecular formula is C14H22N2OS. The smallest absolute Gasteiger partial charge is 0.261 e. The molecule has 1 aromatic rings. The van der Waals surface area contributed by atoms with Crippen LogP contribution in [0.4, 0.5) is 0 Å².